The number of anilines is 2. The van der Waals surface area contributed by atoms with E-state index in [1.165, 1.54) is 42.6 Å². The average molecular weight is 511 g/mol. The summed E-state index contributed by atoms with van der Waals surface area (Å²) in [5.74, 6) is 0.691. The number of hydrogen-bond donors (Lipinski definition) is 0. The van der Waals surface area contributed by atoms with Crippen LogP contribution in [0.25, 0.3) is 5.57 Å². The van der Waals surface area contributed by atoms with E-state index in [1.807, 2.05) is 64.6 Å². The number of para-hydroxylation sites is 2. The summed E-state index contributed by atoms with van der Waals surface area (Å²) in [7, 11) is 8.07. The summed E-state index contributed by atoms with van der Waals surface area (Å²) < 4.78 is 0. The fourth-order valence-corrected chi connectivity index (χ4v) is 5.02. The van der Waals surface area contributed by atoms with Gasteiger partial charge in [-0.1, -0.05) is 90.8 Å². The molecule has 36 heavy (non-hydrogen) atoms. The molecule has 3 aromatic rings. The van der Waals surface area contributed by atoms with E-state index in [1.54, 1.807) is 16.7 Å². The summed E-state index contributed by atoms with van der Waals surface area (Å²) in [5.41, 5.74) is 10.9. The SMILES string of the molecule is CCC1C2=C(CCC[CH-]2)c2ccccc21.[CH2-]c1ccccc1N(C)C.[CH2-]c1ccccc1N(C)C.[Sc+3]. The Morgan fingerprint density at radius 1 is 0.778 bits per heavy atom. The minimum Gasteiger partial charge on any atom is -0.428 e. The van der Waals surface area contributed by atoms with E-state index in [4.69, 9.17) is 0 Å². The first kappa shape index (κ1) is 29.7. The van der Waals surface area contributed by atoms with Crippen LogP contribution < -0.4 is 9.80 Å². The van der Waals surface area contributed by atoms with Gasteiger partial charge in [-0.25, -0.2) is 12.0 Å². The van der Waals surface area contributed by atoms with Crippen LogP contribution in [0.3, 0.4) is 0 Å². The number of rotatable bonds is 3. The Hall–Kier alpha value is -2.52. The van der Waals surface area contributed by atoms with E-state index in [9.17, 15) is 0 Å². The summed E-state index contributed by atoms with van der Waals surface area (Å²) in [5, 5.41) is 0. The van der Waals surface area contributed by atoms with E-state index < -0.39 is 0 Å². The molecule has 0 radical (unpaired) electrons. The molecule has 0 N–H and O–H groups in total. The fourth-order valence-electron chi connectivity index (χ4n) is 5.02. The Morgan fingerprint density at radius 2 is 1.28 bits per heavy atom. The largest absolute Gasteiger partial charge is 3.00 e. The summed E-state index contributed by atoms with van der Waals surface area (Å²) >= 11 is 0. The molecule has 2 aliphatic carbocycles. The van der Waals surface area contributed by atoms with Crippen molar-refractivity contribution in [3.8, 4) is 0 Å². The second-order valence-corrected chi connectivity index (χ2v) is 9.62. The van der Waals surface area contributed by atoms with Crippen LogP contribution in [0, 0.1) is 20.3 Å². The van der Waals surface area contributed by atoms with Crippen LogP contribution in [0.5, 0.6) is 0 Å². The standard InChI is InChI=1S/C15H17.2C9H12N.Sc/c1-2-11-12-7-3-5-9-14(12)15-10-6-4-8-13(11)15;2*1-8-6-4-5-7-9(8)10(2)3;/h3,5,7-9,11H,2,4,6,10H2,1H3;2*4-7H,1H2,2-3H3;/q3*-1;+3. The Balaban J connectivity index is 0.000000195. The summed E-state index contributed by atoms with van der Waals surface area (Å²) in [6.07, 6.45) is 7.63. The van der Waals surface area contributed by atoms with Crippen molar-refractivity contribution in [3.63, 3.8) is 0 Å². The van der Waals surface area contributed by atoms with Crippen molar-refractivity contribution in [2.45, 2.75) is 38.5 Å². The van der Waals surface area contributed by atoms with Gasteiger partial charge in [0.05, 0.1) is 0 Å². The zero-order chi connectivity index (χ0) is 25.4. The van der Waals surface area contributed by atoms with E-state index in [2.05, 4.69) is 73.4 Å². The predicted molar refractivity (Wildman–Crippen MR) is 155 cm³/mol. The Morgan fingerprint density at radius 3 is 1.75 bits per heavy atom. The van der Waals surface area contributed by atoms with E-state index in [0.717, 1.165) is 11.1 Å². The molecule has 1 unspecified atom stereocenters. The third-order valence-corrected chi connectivity index (χ3v) is 6.74. The van der Waals surface area contributed by atoms with Crippen molar-refractivity contribution in [2.24, 2.45) is 0 Å². The van der Waals surface area contributed by atoms with Gasteiger partial charge in [0.2, 0.25) is 0 Å². The zero-order valence-corrected chi connectivity index (χ0v) is 24.6. The molecule has 0 fully saturated rings. The molecule has 3 heteroatoms. The molecule has 0 aliphatic heterocycles. The molecule has 186 valence electrons. The van der Waals surface area contributed by atoms with Gasteiger partial charge >= 0.3 is 25.8 Å². The summed E-state index contributed by atoms with van der Waals surface area (Å²) in [4.78, 5) is 4.12. The first-order chi connectivity index (χ1) is 16.8. The number of fused-ring (bicyclic) bond motifs is 2. The van der Waals surface area contributed by atoms with Gasteiger partial charge in [0.15, 0.2) is 0 Å². The van der Waals surface area contributed by atoms with Crippen molar-refractivity contribution in [3.05, 3.63) is 121 Å². The summed E-state index contributed by atoms with van der Waals surface area (Å²) in [6.45, 7) is 10.1. The second-order valence-electron chi connectivity index (χ2n) is 9.62. The molecule has 0 spiro atoms. The molecule has 0 amide bonds. The molecular weight excluding hydrogens is 469 g/mol. The van der Waals surface area contributed by atoms with E-state index >= 15 is 0 Å². The van der Waals surface area contributed by atoms with Gasteiger partial charge in [-0.05, 0) is 40.5 Å². The van der Waals surface area contributed by atoms with E-state index in [-0.39, 0.29) is 25.8 Å². The molecule has 2 nitrogen and oxygen atoms in total. The van der Waals surface area contributed by atoms with E-state index in [0.29, 0.717) is 5.92 Å². The summed E-state index contributed by atoms with van der Waals surface area (Å²) in [6, 6.07) is 25.1. The van der Waals surface area contributed by atoms with Crippen molar-refractivity contribution >= 4 is 16.9 Å². The maximum Gasteiger partial charge on any atom is 3.00 e. The van der Waals surface area contributed by atoms with Crippen LogP contribution >= 0.6 is 0 Å². The third kappa shape index (κ3) is 7.26. The van der Waals surface area contributed by atoms with Crippen molar-refractivity contribution in [2.75, 3.05) is 38.0 Å². The number of nitrogens with zero attached hydrogens (tertiary/aromatic N) is 2. The first-order valence-corrected chi connectivity index (χ1v) is 12.7. The number of allylic oxidation sites excluding steroid dienone is 2. The Kier molecular flexibility index (Phi) is 11.8. The fraction of sp³-hybridized carbons (Fsp3) is 0.303. The number of hydrogen-bond acceptors (Lipinski definition) is 2. The van der Waals surface area contributed by atoms with Gasteiger partial charge in [-0.2, -0.15) is 42.7 Å². The van der Waals surface area contributed by atoms with Crippen LogP contribution in [-0.2, 0) is 25.8 Å². The molecule has 0 saturated carbocycles. The maximum absolute atomic E-state index is 3.90. The van der Waals surface area contributed by atoms with Crippen molar-refractivity contribution in [1.82, 2.24) is 0 Å². The predicted octanol–water partition coefficient (Wildman–Crippen LogP) is 8.20. The van der Waals surface area contributed by atoms with Crippen LogP contribution in [0.4, 0.5) is 11.4 Å². The van der Waals surface area contributed by atoms with Crippen molar-refractivity contribution in [1.29, 1.82) is 0 Å². The van der Waals surface area contributed by atoms with Gasteiger partial charge in [-0.15, -0.1) is 18.6 Å². The molecule has 5 rings (SSSR count). The molecule has 0 bridgehead atoms. The molecule has 0 saturated heterocycles. The second kappa shape index (κ2) is 14.3. The van der Waals surface area contributed by atoms with Crippen LogP contribution in [-0.4, -0.2) is 28.2 Å². The molecule has 0 heterocycles. The molecule has 1 atom stereocenters. The monoisotopic (exact) mass is 510 g/mol. The van der Waals surface area contributed by atoms with Gasteiger partial charge in [0, 0.05) is 0 Å². The minimum atomic E-state index is 0. The average Bonchev–Trinajstić information content (AvgIpc) is 3.19. The first-order valence-electron chi connectivity index (χ1n) is 12.7. The minimum absolute atomic E-state index is 0. The van der Waals surface area contributed by atoms with Gasteiger partial charge in [0.25, 0.3) is 0 Å². The maximum atomic E-state index is 3.90. The molecule has 0 aromatic heterocycles. The third-order valence-electron chi connectivity index (χ3n) is 6.74. The van der Waals surface area contributed by atoms with Crippen molar-refractivity contribution < 1.29 is 25.8 Å². The van der Waals surface area contributed by atoms with Gasteiger partial charge in [0.1, 0.15) is 0 Å². The Bertz CT molecular complexity index is 1080. The topological polar surface area (TPSA) is 6.48 Å². The zero-order valence-electron chi connectivity index (χ0n) is 22.8. The normalized spacial score (nSPS) is 15.0. The van der Waals surface area contributed by atoms with Gasteiger partial charge in [-0.3, -0.25) is 0 Å². The van der Waals surface area contributed by atoms with Gasteiger partial charge < -0.3 is 9.80 Å². The van der Waals surface area contributed by atoms with Crippen LogP contribution in [0.15, 0.2) is 78.4 Å². The molecule has 3 aromatic carbocycles. The van der Waals surface area contributed by atoms with Crippen LogP contribution in [0.2, 0.25) is 0 Å². The smallest absolute Gasteiger partial charge is 0.428 e. The Labute approximate surface area is 239 Å². The van der Waals surface area contributed by atoms with Crippen LogP contribution in [0.1, 0.15) is 60.8 Å². The molecular formula is C33H41N2Sc. The molecule has 2 aliphatic rings. The quantitative estimate of drug-likeness (QED) is 0.328. The number of benzene rings is 3.